The van der Waals surface area contributed by atoms with Gasteiger partial charge in [0.15, 0.2) is 0 Å². The van der Waals surface area contributed by atoms with Crippen LogP contribution in [-0.2, 0) is 5.88 Å². The Bertz CT molecular complexity index is 372. The van der Waals surface area contributed by atoms with E-state index in [9.17, 15) is 9.59 Å². The average molecular weight is 199 g/mol. The number of thioether (sulfide) groups is 1. The Morgan fingerprint density at radius 1 is 1.62 bits per heavy atom. The lowest BCUT2D eigenvalue weighted by molar-refractivity contribution is 0.0696. The molecule has 5 heteroatoms. The molecule has 1 aromatic heterocycles. The first kappa shape index (κ1) is 9.85. The van der Waals surface area contributed by atoms with Gasteiger partial charge in [0.1, 0.15) is 0 Å². The summed E-state index contributed by atoms with van der Waals surface area (Å²) >= 11 is 1.46. The van der Waals surface area contributed by atoms with E-state index in [0.717, 1.165) is 0 Å². The number of carboxylic acids is 1. The van der Waals surface area contributed by atoms with Crippen LogP contribution < -0.4 is 5.56 Å². The topological polar surface area (TPSA) is 59.3 Å². The molecule has 0 aromatic carbocycles. The second-order valence-corrected chi connectivity index (χ2v) is 3.28. The van der Waals surface area contributed by atoms with Crippen molar-refractivity contribution in [1.82, 2.24) is 4.57 Å². The molecule has 70 valence electrons. The molecule has 1 aromatic rings. The van der Waals surface area contributed by atoms with Gasteiger partial charge in [-0.15, -0.1) is 11.8 Å². The number of carbonyl (C=O) groups is 1. The van der Waals surface area contributed by atoms with Gasteiger partial charge >= 0.3 is 5.97 Å². The molecule has 1 rings (SSSR count). The fraction of sp³-hybridized carbons (Fsp3) is 0.250. The molecular formula is C8H9NO3S. The zero-order chi connectivity index (χ0) is 9.84. The summed E-state index contributed by atoms with van der Waals surface area (Å²) in [6.45, 7) is 0. The Morgan fingerprint density at radius 3 is 2.85 bits per heavy atom. The van der Waals surface area contributed by atoms with E-state index in [1.165, 1.54) is 34.7 Å². The van der Waals surface area contributed by atoms with E-state index in [1.54, 1.807) is 0 Å². The number of nitrogens with zero attached hydrogens (tertiary/aromatic N) is 1. The van der Waals surface area contributed by atoms with Gasteiger partial charge in [0.2, 0.25) is 0 Å². The molecule has 0 aliphatic rings. The summed E-state index contributed by atoms with van der Waals surface area (Å²) in [6, 6.07) is 2.57. The van der Waals surface area contributed by atoms with Gasteiger partial charge < -0.3 is 9.67 Å². The van der Waals surface area contributed by atoms with Crippen molar-refractivity contribution in [3.63, 3.8) is 0 Å². The highest BCUT2D eigenvalue weighted by molar-refractivity contribution is 7.97. The molecule has 0 unspecified atom stereocenters. The number of pyridine rings is 1. The molecular weight excluding hydrogens is 190 g/mol. The first-order valence-corrected chi connectivity index (χ1v) is 4.97. The van der Waals surface area contributed by atoms with Gasteiger partial charge in [0.25, 0.3) is 5.56 Å². The summed E-state index contributed by atoms with van der Waals surface area (Å²) < 4.78 is 1.37. The molecule has 1 heterocycles. The Kier molecular flexibility index (Phi) is 3.13. The fourth-order valence-corrected chi connectivity index (χ4v) is 1.38. The number of hydrogen-bond donors (Lipinski definition) is 1. The van der Waals surface area contributed by atoms with E-state index in [0.29, 0.717) is 5.88 Å². The van der Waals surface area contributed by atoms with Crippen LogP contribution in [-0.4, -0.2) is 21.9 Å². The zero-order valence-corrected chi connectivity index (χ0v) is 7.87. The van der Waals surface area contributed by atoms with Crippen molar-refractivity contribution in [2.24, 2.45) is 0 Å². The SMILES string of the molecule is CSCn1cc(C(=O)O)ccc1=O. The van der Waals surface area contributed by atoms with Gasteiger partial charge in [-0.1, -0.05) is 0 Å². The summed E-state index contributed by atoms with van der Waals surface area (Å²) in [7, 11) is 0. The lowest BCUT2D eigenvalue weighted by atomic mass is 10.3. The highest BCUT2D eigenvalue weighted by Gasteiger charge is 2.03. The number of aromatic nitrogens is 1. The summed E-state index contributed by atoms with van der Waals surface area (Å²) in [4.78, 5) is 21.7. The van der Waals surface area contributed by atoms with Gasteiger partial charge in [-0.3, -0.25) is 4.79 Å². The van der Waals surface area contributed by atoms with Crippen molar-refractivity contribution < 1.29 is 9.90 Å². The largest absolute Gasteiger partial charge is 0.478 e. The van der Waals surface area contributed by atoms with Crippen molar-refractivity contribution in [1.29, 1.82) is 0 Å². The van der Waals surface area contributed by atoms with Gasteiger partial charge in [-0.2, -0.15) is 0 Å². The molecule has 4 nitrogen and oxygen atoms in total. The molecule has 0 aliphatic carbocycles. The van der Waals surface area contributed by atoms with E-state index in [4.69, 9.17) is 5.11 Å². The van der Waals surface area contributed by atoms with Gasteiger partial charge in [-0.25, -0.2) is 4.79 Å². The normalized spacial score (nSPS) is 9.92. The van der Waals surface area contributed by atoms with Crippen LogP contribution in [0.4, 0.5) is 0 Å². The van der Waals surface area contributed by atoms with Crippen LogP contribution in [0.2, 0.25) is 0 Å². The predicted molar refractivity (Wildman–Crippen MR) is 51.2 cm³/mol. The Hall–Kier alpha value is -1.23. The number of carboxylic acid groups (broad SMARTS) is 1. The standard InChI is InChI=1S/C8H9NO3S/c1-13-5-9-4-6(8(11)12)2-3-7(9)10/h2-4H,5H2,1H3,(H,11,12). The Balaban J connectivity index is 3.11. The molecule has 0 saturated carbocycles. The van der Waals surface area contributed by atoms with Crippen molar-refractivity contribution in [3.05, 3.63) is 34.2 Å². The maximum atomic E-state index is 11.1. The molecule has 0 fully saturated rings. The number of hydrogen-bond acceptors (Lipinski definition) is 3. The second kappa shape index (κ2) is 4.13. The average Bonchev–Trinajstić information content (AvgIpc) is 2.08. The highest BCUT2D eigenvalue weighted by atomic mass is 32.2. The van der Waals surface area contributed by atoms with E-state index in [2.05, 4.69) is 0 Å². The summed E-state index contributed by atoms with van der Waals surface area (Å²) in [5, 5.41) is 8.65. The Labute approximate surface area is 79.2 Å². The van der Waals surface area contributed by atoms with E-state index >= 15 is 0 Å². The zero-order valence-electron chi connectivity index (χ0n) is 7.06. The highest BCUT2D eigenvalue weighted by Crippen LogP contribution is 2.00. The molecule has 0 spiro atoms. The molecule has 1 N–H and O–H groups in total. The fourth-order valence-electron chi connectivity index (χ4n) is 0.898. The number of rotatable bonds is 3. The van der Waals surface area contributed by atoms with Crippen LogP contribution in [0.1, 0.15) is 10.4 Å². The van der Waals surface area contributed by atoms with Crippen molar-refractivity contribution in [2.45, 2.75) is 5.88 Å². The molecule has 0 radical (unpaired) electrons. The van der Waals surface area contributed by atoms with Crippen molar-refractivity contribution in [2.75, 3.05) is 6.26 Å². The lowest BCUT2D eigenvalue weighted by Crippen LogP contribution is -2.18. The van der Waals surface area contributed by atoms with Gasteiger partial charge in [-0.05, 0) is 12.3 Å². The van der Waals surface area contributed by atoms with Crippen molar-refractivity contribution >= 4 is 17.7 Å². The quantitative estimate of drug-likeness (QED) is 0.784. The second-order valence-electron chi connectivity index (χ2n) is 2.45. The van der Waals surface area contributed by atoms with Crippen LogP contribution in [0.5, 0.6) is 0 Å². The molecule has 0 amide bonds. The number of aromatic carboxylic acids is 1. The summed E-state index contributed by atoms with van der Waals surface area (Å²) in [5.41, 5.74) is -0.0481. The van der Waals surface area contributed by atoms with Crippen LogP contribution >= 0.6 is 11.8 Å². The minimum absolute atomic E-state index is 0.133. The van der Waals surface area contributed by atoms with E-state index in [-0.39, 0.29) is 11.1 Å². The third-order valence-electron chi connectivity index (χ3n) is 1.50. The maximum absolute atomic E-state index is 11.1. The van der Waals surface area contributed by atoms with Crippen molar-refractivity contribution in [3.8, 4) is 0 Å². The van der Waals surface area contributed by atoms with Crippen LogP contribution in [0, 0.1) is 0 Å². The third-order valence-corrected chi connectivity index (χ3v) is 2.03. The summed E-state index contributed by atoms with van der Waals surface area (Å²) in [5.74, 6) is -0.546. The Morgan fingerprint density at radius 2 is 2.31 bits per heavy atom. The van der Waals surface area contributed by atoms with Gasteiger partial charge in [0, 0.05) is 12.3 Å². The minimum atomic E-state index is -1.02. The van der Waals surface area contributed by atoms with Crippen LogP contribution in [0.25, 0.3) is 0 Å². The monoisotopic (exact) mass is 199 g/mol. The molecule has 0 aliphatic heterocycles. The summed E-state index contributed by atoms with van der Waals surface area (Å²) in [6.07, 6.45) is 3.20. The minimum Gasteiger partial charge on any atom is -0.478 e. The van der Waals surface area contributed by atoms with Gasteiger partial charge in [0.05, 0.1) is 11.4 Å². The maximum Gasteiger partial charge on any atom is 0.337 e. The van der Waals surface area contributed by atoms with Crippen LogP contribution in [0.15, 0.2) is 23.1 Å². The third kappa shape index (κ3) is 2.35. The molecule has 0 bridgehead atoms. The molecule has 13 heavy (non-hydrogen) atoms. The smallest absolute Gasteiger partial charge is 0.337 e. The lowest BCUT2D eigenvalue weighted by Gasteiger charge is -2.02. The molecule has 0 atom stereocenters. The first-order chi connectivity index (χ1) is 6.15. The molecule has 0 saturated heterocycles. The predicted octanol–water partition coefficient (Wildman–Crippen LogP) is 0.867. The first-order valence-electron chi connectivity index (χ1n) is 3.58. The van der Waals surface area contributed by atoms with Crippen LogP contribution in [0.3, 0.4) is 0 Å². The van der Waals surface area contributed by atoms with E-state index in [1.807, 2.05) is 6.26 Å². The van der Waals surface area contributed by atoms with E-state index < -0.39 is 5.97 Å².